The lowest BCUT2D eigenvalue weighted by molar-refractivity contribution is -0.141. The molecule has 6 nitrogen and oxygen atoms in total. The van der Waals surface area contributed by atoms with Crippen LogP contribution in [-0.2, 0) is 20.9 Å². The molecule has 6 heteroatoms. The molecule has 0 bridgehead atoms. The summed E-state index contributed by atoms with van der Waals surface area (Å²) in [7, 11) is 1.64. The van der Waals surface area contributed by atoms with Crippen LogP contribution >= 0.6 is 0 Å². The number of benzene rings is 1. The monoisotopic (exact) mass is 393 g/mol. The summed E-state index contributed by atoms with van der Waals surface area (Å²) in [6, 6.07) is 11.3. The Morgan fingerprint density at radius 2 is 2.03 bits per heavy atom. The van der Waals surface area contributed by atoms with Crippen molar-refractivity contribution >= 4 is 11.8 Å². The molecule has 0 saturated heterocycles. The van der Waals surface area contributed by atoms with Crippen LogP contribution in [0.3, 0.4) is 0 Å². The minimum absolute atomic E-state index is 0.0464. The average molecular weight is 393 g/mol. The second-order valence-corrected chi connectivity index (χ2v) is 7.29. The number of rotatable bonds is 5. The van der Waals surface area contributed by atoms with Crippen LogP contribution in [-0.4, -0.2) is 18.9 Å². The van der Waals surface area contributed by atoms with Crippen molar-refractivity contribution < 1.29 is 23.5 Å². The molecule has 4 rings (SSSR count). The molecule has 0 radical (unpaired) electrons. The van der Waals surface area contributed by atoms with E-state index in [1.54, 1.807) is 19.2 Å². The number of carbonyl (C=O) groups excluding carboxylic acids is 2. The summed E-state index contributed by atoms with van der Waals surface area (Å²) in [5.41, 5.74) is 3.80. The first-order valence-electron chi connectivity index (χ1n) is 9.61. The number of furan rings is 1. The third-order valence-corrected chi connectivity index (χ3v) is 5.48. The summed E-state index contributed by atoms with van der Waals surface area (Å²) < 4.78 is 16.0. The molecule has 1 aliphatic heterocycles. The van der Waals surface area contributed by atoms with Gasteiger partial charge in [-0.3, -0.25) is 4.79 Å². The summed E-state index contributed by atoms with van der Waals surface area (Å²) >= 11 is 0. The van der Waals surface area contributed by atoms with Crippen molar-refractivity contribution in [3.8, 4) is 5.75 Å². The minimum Gasteiger partial charge on any atom is -0.496 e. The Bertz CT molecular complexity index is 1000. The molecule has 0 fully saturated rings. The number of hydrogen-bond donors (Lipinski definition) is 1. The second kappa shape index (κ2) is 7.99. The fourth-order valence-electron chi connectivity index (χ4n) is 3.97. The smallest absolute Gasteiger partial charge is 0.336 e. The van der Waals surface area contributed by atoms with Gasteiger partial charge in [-0.1, -0.05) is 18.2 Å². The van der Waals surface area contributed by atoms with Gasteiger partial charge in [0.25, 0.3) is 0 Å². The van der Waals surface area contributed by atoms with E-state index in [9.17, 15) is 9.59 Å². The number of Topliss-reactive ketones (excluding diaryl/α,β-unsaturated/α-hetero) is 1. The zero-order valence-corrected chi connectivity index (χ0v) is 16.5. The van der Waals surface area contributed by atoms with Crippen molar-refractivity contribution in [2.45, 2.75) is 38.7 Å². The number of nitrogens with one attached hydrogen (secondary N) is 1. The van der Waals surface area contributed by atoms with Crippen molar-refractivity contribution in [2.75, 3.05) is 7.11 Å². The summed E-state index contributed by atoms with van der Waals surface area (Å²) in [6.45, 7) is 1.91. The highest BCUT2D eigenvalue weighted by atomic mass is 16.5. The van der Waals surface area contributed by atoms with Crippen molar-refractivity contribution in [2.24, 2.45) is 0 Å². The Morgan fingerprint density at radius 1 is 1.21 bits per heavy atom. The fourth-order valence-corrected chi connectivity index (χ4v) is 3.97. The van der Waals surface area contributed by atoms with Crippen LogP contribution in [0.2, 0.25) is 0 Å². The molecular formula is C23H23NO5. The molecule has 1 aromatic heterocycles. The summed E-state index contributed by atoms with van der Waals surface area (Å²) in [4.78, 5) is 25.4. The van der Waals surface area contributed by atoms with Crippen molar-refractivity contribution in [1.29, 1.82) is 0 Å². The average Bonchev–Trinajstić information content (AvgIpc) is 3.25. The van der Waals surface area contributed by atoms with E-state index in [0.717, 1.165) is 22.7 Å². The zero-order valence-electron chi connectivity index (χ0n) is 16.5. The van der Waals surface area contributed by atoms with E-state index in [2.05, 4.69) is 5.32 Å². The van der Waals surface area contributed by atoms with E-state index in [-0.39, 0.29) is 18.3 Å². The van der Waals surface area contributed by atoms with Crippen LogP contribution < -0.4 is 10.1 Å². The standard InChI is InChI=1S/C23H23NO5/c1-14-18(23(26)29-13-16-6-5-9-28-16)12-19-20(24-14)10-15(11-21(19)25)17-7-3-4-8-22(17)27-2/h3-9,15,24H,10-13H2,1-2H3/t15-/m1/s1. The molecule has 2 heterocycles. The Balaban J connectivity index is 1.50. The molecule has 1 aromatic carbocycles. The van der Waals surface area contributed by atoms with Gasteiger partial charge in [0, 0.05) is 35.7 Å². The second-order valence-electron chi connectivity index (χ2n) is 7.29. The van der Waals surface area contributed by atoms with Gasteiger partial charge in [-0.25, -0.2) is 4.79 Å². The van der Waals surface area contributed by atoms with Gasteiger partial charge >= 0.3 is 5.97 Å². The third kappa shape index (κ3) is 3.83. The summed E-state index contributed by atoms with van der Waals surface area (Å²) in [5.74, 6) is 1.04. The number of dihydropyridines is 1. The van der Waals surface area contributed by atoms with Crippen LogP contribution in [0, 0.1) is 0 Å². The van der Waals surface area contributed by atoms with E-state index in [4.69, 9.17) is 13.9 Å². The van der Waals surface area contributed by atoms with Gasteiger partial charge in [0.1, 0.15) is 18.1 Å². The topological polar surface area (TPSA) is 77.8 Å². The Hall–Kier alpha value is -3.28. The largest absolute Gasteiger partial charge is 0.496 e. The van der Waals surface area contributed by atoms with E-state index in [1.165, 1.54) is 6.26 Å². The Labute approximate surface area is 169 Å². The first-order chi connectivity index (χ1) is 14.1. The number of ether oxygens (including phenoxy) is 2. The van der Waals surface area contributed by atoms with E-state index >= 15 is 0 Å². The number of methoxy groups -OCH3 is 1. The Morgan fingerprint density at radius 3 is 2.79 bits per heavy atom. The molecule has 150 valence electrons. The molecule has 2 aliphatic rings. The van der Waals surface area contributed by atoms with Gasteiger partial charge in [-0.2, -0.15) is 0 Å². The van der Waals surface area contributed by atoms with Gasteiger partial charge in [0.2, 0.25) is 0 Å². The van der Waals surface area contributed by atoms with Gasteiger partial charge in [0.15, 0.2) is 5.78 Å². The quantitative estimate of drug-likeness (QED) is 0.774. The molecule has 0 amide bonds. The predicted octanol–water partition coefficient (Wildman–Crippen LogP) is 4.00. The van der Waals surface area contributed by atoms with Crippen LogP contribution in [0.15, 0.2) is 69.6 Å². The number of carbonyl (C=O) groups is 2. The van der Waals surface area contributed by atoms with Crippen LogP contribution in [0.4, 0.5) is 0 Å². The fraction of sp³-hybridized carbons (Fsp3) is 0.304. The number of ketones is 1. The highest BCUT2D eigenvalue weighted by Crippen LogP contribution is 2.41. The predicted molar refractivity (Wildman–Crippen MR) is 106 cm³/mol. The maximum absolute atomic E-state index is 12.9. The van der Waals surface area contributed by atoms with Crippen molar-refractivity contribution in [3.05, 3.63) is 76.5 Å². The van der Waals surface area contributed by atoms with Gasteiger partial charge in [-0.15, -0.1) is 0 Å². The SMILES string of the molecule is COc1ccccc1[C@H]1CC(=O)C2=C(C1)NC(C)=C(C(=O)OCc1ccco1)C2. The summed E-state index contributed by atoms with van der Waals surface area (Å²) in [6.07, 6.45) is 2.93. The maximum Gasteiger partial charge on any atom is 0.336 e. The third-order valence-electron chi connectivity index (χ3n) is 5.48. The molecule has 0 saturated carbocycles. The molecule has 1 atom stereocenters. The number of esters is 1. The lowest BCUT2D eigenvalue weighted by Crippen LogP contribution is -2.31. The molecule has 1 aliphatic carbocycles. The first kappa shape index (κ1) is 19.1. The van der Waals surface area contributed by atoms with Crippen LogP contribution in [0.5, 0.6) is 5.75 Å². The highest BCUT2D eigenvalue weighted by molar-refractivity contribution is 6.01. The van der Waals surface area contributed by atoms with Gasteiger partial charge in [0.05, 0.1) is 18.9 Å². The molecule has 2 aromatic rings. The van der Waals surface area contributed by atoms with Crippen LogP contribution in [0.1, 0.15) is 43.4 Å². The molecule has 0 spiro atoms. The number of para-hydroxylation sites is 1. The van der Waals surface area contributed by atoms with E-state index < -0.39 is 5.97 Å². The van der Waals surface area contributed by atoms with Crippen molar-refractivity contribution in [3.63, 3.8) is 0 Å². The lowest BCUT2D eigenvalue weighted by Gasteiger charge is -2.32. The number of allylic oxidation sites excluding steroid dienone is 3. The van der Waals surface area contributed by atoms with Crippen LogP contribution in [0.25, 0.3) is 0 Å². The lowest BCUT2D eigenvalue weighted by atomic mass is 9.78. The number of hydrogen-bond acceptors (Lipinski definition) is 6. The molecule has 1 N–H and O–H groups in total. The molecule has 0 unspecified atom stereocenters. The molecule has 29 heavy (non-hydrogen) atoms. The van der Waals surface area contributed by atoms with Crippen molar-refractivity contribution in [1.82, 2.24) is 5.32 Å². The Kier molecular flexibility index (Phi) is 5.25. The normalized spacial score (nSPS) is 19.0. The maximum atomic E-state index is 12.9. The van der Waals surface area contributed by atoms with Gasteiger partial charge in [-0.05, 0) is 37.1 Å². The van der Waals surface area contributed by atoms with E-state index in [0.29, 0.717) is 36.2 Å². The molecular weight excluding hydrogens is 370 g/mol. The summed E-state index contributed by atoms with van der Waals surface area (Å²) in [5, 5.41) is 3.28. The first-order valence-corrected chi connectivity index (χ1v) is 9.61. The zero-order chi connectivity index (χ0) is 20.4. The highest BCUT2D eigenvalue weighted by Gasteiger charge is 2.34. The van der Waals surface area contributed by atoms with E-state index in [1.807, 2.05) is 31.2 Å². The minimum atomic E-state index is -0.433. The van der Waals surface area contributed by atoms with Gasteiger partial charge < -0.3 is 19.2 Å².